The molecule has 116 valence electrons. The summed E-state index contributed by atoms with van der Waals surface area (Å²) < 4.78 is 11.5. The highest BCUT2D eigenvalue weighted by molar-refractivity contribution is 9.10. The third kappa shape index (κ3) is 3.60. The largest absolute Gasteiger partial charge is 0.493 e. The molecule has 1 atom stereocenters. The van der Waals surface area contributed by atoms with Gasteiger partial charge in [-0.05, 0) is 24.1 Å². The van der Waals surface area contributed by atoms with Gasteiger partial charge in [0.15, 0.2) is 11.5 Å². The number of carboxylic acids is 1. The molecule has 1 unspecified atom stereocenters. The maximum absolute atomic E-state index is 11.7. The number of benzene rings is 2. The molecule has 0 bridgehead atoms. The minimum Gasteiger partial charge on any atom is -0.493 e. The Hall–Kier alpha value is -2.01. The molecule has 0 fully saturated rings. The first kappa shape index (κ1) is 16.4. The van der Waals surface area contributed by atoms with E-state index in [4.69, 9.17) is 9.47 Å². The third-order valence-electron chi connectivity index (χ3n) is 3.44. The van der Waals surface area contributed by atoms with Crippen LogP contribution in [0.4, 0.5) is 0 Å². The van der Waals surface area contributed by atoms with Gasteiger partial charge in [0.1, 0.15) is 0 Å². The van der Waals surface area contributed by atoms with Crippen LogP contribution in [0.5, 0.6) is 11.5 Å². The summed E-state index contributed by atoms with van der Waals surface area (Å²) in [5.41, 5.74) is 1.54. The number of carbonyl (C=O) groups is 1. The number of aliphatic carboxylic acids is 1. The highest BCUT2D eigenvalue weighted by Gasteiger charge is 2.23. The van der Waals surface area contributed by atoms with Gasteiger partial charge in [0, 0.05) is 10.0 Å². The van der Waals surface area contributed by atoms with Crippen molar-refractivity contribution in [2.75, 3.05) is 14.2 Å². The Morgan fingerprint density at radius 1 is 1.18 bits per heavy atom. The van der Waals surface area contributed by atoms with E-state index in [0.717, 1.165) is 15.6 Å². The number of hydrogen-bond donors (Lipinski definition) is 1. The zero-order valence-corrected chi connectivity index (χ0v) is 14.0. The van der Waals surface area contributed by atoms with Crippen molar-refractivity contribution in [2.45, 2.75) is 12.3 Å². The van der Waals surface area contributed by atoms with E-state index >= 15 is 0 Å². The predicted octanol–water partition coefficient (Wildman–Crippen LogP) is 3.88. The highest BCUT2D eigenvalue weighted by atomic mass is 79.9. The van der Waals surface area contributed by atoms with E-state index in [-0.39, 0.29) is 0 Å². The molecule has 0 spiro atoms. The lowest BCUT2D eigenvalue weighted by molar-refractivity contribution is -0.138. The minimum absolute atomic E-state index is 0.318. The molecule has 0 aliphatic rings. The van der Waals surface area contributed by atoms with Crippen LogP contribution in [0.15, 0.2) is 46.9 Å². The second kappa shape index (κ2) is 7.31. The van der Waals surface area contributed by atoms with Gasteiger partial charge >= 0.3 is 5.97 Å². The standard InChI is InChI=1S/C17H17BrO4/c1-21-15-10-13(18)8-12(16(15)22-2)9-14(17(19)20)11-6-4-3-5-7-11/h3-8,10,14H,9H2,1-2H3,(H,19,20). The Balaban J connectivity index is 2.43. The molecule has 2 aromatic carbocycles. The van der Waals surface area contributed by atoms with Crippen LogP contribution in [0.2, 0.25) is 0 Å². The predicted molar refractivity (Wildman–Crippen MR) is 87.8 cm³/mol. The summed E-state index contributed by atoms with van der Waals surface area (Å²) in [7, 11) is 3.10. The van der Waals surface area contributed by atoms with Gasteiger partial charge in [-0.2, -0.15) is 0 Å². The lowest BCUT2D eigenvalue weighted by Gasteiger charge is -2.17. The third-order valence-corrected chi connectivity index (χ3v) is 3.90. The maximum Gasteiger partial charge on any atom is 0.311 e. The second-order valence-electron chi connectivity index (χ2n) is 4.81. The van der Waals surface area contributed by atoms with Crippen LogP contribution in [0.25, 0.3) is 0 Å². The molecule has 2 rings (SSSR count). The van der Waals surface area contributed by atoms with Gasteiger partial charge in [0.05, 0.1) is 20.1 Å². The van der Waals surface area contributed by atoms with Crippen molar-refractivity contribution in [1.82, 2.24) is 0 Å². The molecule has 0 aromatic heterocycles. The fraction of sp³-hybridized carbons (Fsp3) is 0.235. The molecule has 4 nitrogen and oxygen atoms in total. The van der Waals surface area contributed by atoms with Crippen molar-refractivity contribution in [3.63, 3.8) is 0 Å². The summed E-state index contributed by atoms with van der Waals surface area (Å²) in [6.45, 7) is 0. The Morgan fingerprint density at radius 3 is 2.41 bits per heavy atom. The average Bonchev–Trinajstić information content (AvgIpc) is 2.52. The zero-order chi connectivity index (χ0) is 16.1. The molecule has 0 aliphatic carbocycles. The number of hydrogen-bond acceptors (Lipinski definition) is 3. The SMILES string of the molecule is COc1cc(Br)cc(CC(C(=O)O)c2ccccc2)c1OC. The molecule has 22 heavy (non-hydrogen) atoms. The topological polar surface area (TPSA) is 55.8 Å². The first-order chi connectivity index (χ1) is 10.6. The van der Waals surface area contributed by atoms with Gasteiger partial charge in [-0.15, -0.1) is 0 Å². The fourth-order valence-electron chi connectivity index (χ4n) is 2.41. The minimum atomic E-state index is -0.868. The van der Waals surface area contributed by atoms with Crippen LogP contribution in [0.3, 0.4) is 0 Å². The molecule has 0 saturated heterocycles. The molecule has 0 aliphatic heterocycles. The van der Waals surface area contributed by atoms with Crippen molar-refractivity contribution in [3.8, 4) is 11.5 Å². The molecule has 0 heterocycles. The van der Waals surface area contributed by atoms with Gasteiger partial charge < -0.3 is 14.6 Å². The van der Waals surface area contributed by atoms with Crippen molar-refractivity contribution in [1.29, 1.82) is 0 Å². The van der Waals surface area contributed by atoms with Crippen LogP contribution >= 0.6 is 15.9 Å². The van der Waals surface area contributed by atoms with Crippen LogP contribution in [0.1, 0.15) is 17.0 Å². The Bertz CT molecular complexity index is 655. The number of carboxylic acid groups (broad SMARTS) is 1. The van der Waals surface area contributed by atoms with Gasteiger partial charge in [0.2, 0.25) is 0 Å². The van der Waals surface area contributed by atoms with E-state index < -0.39 is 11.9 Å². The summed E-state index contributed by atoms with van der Waals surface area (Å²) in [5.74, 6) is -0.377. The lowest BCUT2D eigenvalue weighted by Crippen LogP contribution is -2.15. The molecule has 0 amide bonds. The number of halogens is 1. The van der Waals surface area contributed by atoms with E-state index in [1.54, 1.807) is 20.3 Å². The van der Waals surface area contributed by atoms with Gasteiger partial charge in [-0.25, -0.2) is 0 Å². The quantitative estimate of drug-likeness (QED) is 0.844. The number of methoxy groups -OCH3 is 2. The van der Waals surface area contributed by atoms with Gasteiger partial charge in [-0.3, -0.25) is 4.79 Å². The van der Waals surface area contributed by atoms with Crippen LogP contribution < -0.4 is 9.47 Å². The monoisotopic (exact) mass is 364 g/mol. The van der Waals surface area contributed by atoms with Crippen molar-refractivity contribution in [2.24, 2.45) is 0 Å². The highest BCUT2D eigenvalue weighted by Crippen LogP contribution is 2.37. The summed E-state index contributed by atoms with van der Waals surface area (Å²) in [6, 6.07) is 12.8. The Morgan fingerprint density at radius 2 is 1.86 bits per heavy atom. The molecular weight excluding hydrogens is 348 g/mol. The van der Waals surface area contributed by atoms with E-state index in [0.29, 0.717) is 17.9 Å². The van der Waals surface area contributed by atoms with E-state index in [1.165, 1.54) is 0 Å². The second-order valence-corrected chi connectivity index (χ2v) is 5.72. The molecule has 2 aromatic rings. The summed E-state index contributed by atoms with van der Waals surface area (Å²) in [5, 5.41) is 9.56. The van der Waals surface area contributed by atoms with Crippen LogP contribution in [0, 0.1) is 0 Å². The first-order valence-electron chi connectivity index (χ1n) is 6.75. The molecule has 1 N–H and O–H groups in total. The summed E-state index contributed by atoms with van der Waals surface area (Å²) >= 11 is 3.42. The first-order valence-corrected chi connectivity index (χ1v) is 7.54. The van der Waals surface area contributed by atoms with Crippen LogP contribution in [-0.2, 0) is 11.2 Å². The molecule has 0 radical (unpaired) electrons. The van der Waals surface area contributed by atoms with E-state index in [2.05, 4.69) is 15.9 Å². The molecule has 0 saturated carbocycles. The Kier molecular flexibility index (Phi) is 5.44. The average molecular weight is 365 g/mol. The van der Waals surface area contributed by atoms with Gasteiger partial charge in [0.25, 0.3) is 0 Å². The van der Waals surface area contributed by atoms with E-state index in [9.17, 15) is 9.90 Å². The lowest BCUT2D eigenvalue weighted by atomic mass is 9.91. The van der Waals surface area contributed by atoms with Crippen molar-refractivity contribution < 1.29 is 19.4 Å². The van der Waals surface area contributed by atoms with Crippen molar-refractivity contribution >= 4 is 21.9 Å². The van der Waals surface area contributed by atoms with Gasteiger partial charge in [-0.1, -0.05) is 46.3 Å². The smallest absolute Gasteiger partial charge is 0.311 e. The fourth-order valence-corrected chi connectivity index (χ4v) is 2.89. The van der Waals surface area contributed by atoms with Crippen LogP contribution in [-0.4, -0.2) is 25.3 Å². The summed E-state index contributed by atoms with van der Waals surface area (Å²) in [4.78, 5) is 11.7. The Labute approximate surface area is 137 Å². The maximum atomic E-state index is 11.7. The summed E-state index contributed by atoms with van der Waals surface area (Å²) in [6.07, 6.45) is 0.318. The van der Waals surface area contributed by atoms with E-state index in [1.807, 2.05) is 36.4 Å². The number of rotatable bonds is 6. The molecular formula is C17H17BrO4. The number of ether oxygens (including phenoxy) is 2. The normalized spacial score (nSPS) is 11.8. The molecule has 5 heteroatoms. The van der Waals surface area contributed by atoms with Crippen molar-refractivity contribution in [3.05, 3.63) is 58.1 Å². The zero-order valence-electron chi connectivity index (χ0n) is 12.4.